The minimum Gasteiger partial charge on any atom is -0.393 e. The first kappa shape index (κ1) is 8.31. The summed E-state index contributed by atoms with van der Waals surface area (Å²) in [5, 5.41) is 9.64. The standard InChI is InChI=1S/C11H18O/c1-8-3-9-4-10(12)7-11(2,5-8)6-9/h9-10,12H,1,3-7H2,2H3. The van der Waals surface area contributed by atoms with Crippen molar-refractivity contribution in [1.29, 1.82) is 0 Å². The summed E-state index contributed by atoms with van der Waals surface area (Å²) in [5.74, 6) is 0.722. The van der Waals surface area contributed by atoms with Crippen LogP contribution in [0.4, 0.5) is 0 Å². The van der Waals surface area contributed by atoms with E-state index in [0.717, 1.165) is 31.6 Å². The second-order valence-corrected chi connectivity index (χ2v) is 5.11. The molecule has 0 aromatic carbocycles. The molecule has 2 fully saturated rings. The Kier molecular flexibility index (Phi) is 1.80. The quantitative estimate of drug-likeness (QED) is 0.548. The van der Waals surface area contributed by atoms with E-state index in [9.17, 15) is 5.11 Å². The molecule has 0 amide bonds. The molecule has 2 bridgehead atoms. The number of aliphatic hydroxyl groups excluding tert-OH is 1. The highest BCUT2D eigenvalue weighted by Gasteiger charge is 2.40. The van der Waals surface area contributed by atoms with Crippen LogP contribution in [0.15, 0.2) is 12.2 Å². The van der Waals surface area contributed by atoms with Crippen molar-refractivity contribution >= 4 is 0 Å². The molecule has 12 heavy (non-hydrogen) atoms. The normalized spacial score (nSPS) is 47.7. The van der Waals surface area contributed by atoms with Gasteiger partial charge in [0.2, 0.25) is 0 Å². The average molecular weight is 166 g/mol. The first-order valence-electron chi connectivity index (χ1n) is 4.92. The Morgan fingerprint density at radius 2 is 2.25 bits per heavy atom. The lowest BCUT2D eigenvalue weighted by atomic mass is 9.61. The Balaban J connectivity index is 2.16. The van der Waals surface area contributed by atoms with Crippen LogP contribution < -0.4 is 0 Å². The SMILES string of the molecule is C=C1CC2CC(O)CC(C)(C1)C2. The fourth-order valence-electron chi connectivity index (χ4n) is 3.28. The lowest BCUT2D eigenvalue weighted by Gasteiger charge is -2.45. The third-order valence-corrected chi connectivity index (χ3v) is 3.37. The van der Waals surface area contributed by atoms with Crippen LogP contribution in [0.2, 0.25) is 0 Å². The van der Waals surface area contributed by atoms with E-state index in [1.807, 2.05) is 0 Å². The highest BCUT2D eigenvalue weighted by atomic mass is 16.3. The van der Waals surface area contributed by atoms with Crippen molar-refractivity contribution in [3.63, 3.8) is 0 Å². The van der Waals surface area contributed by atoms with Crippen LogP contribution in [-0.4, -0.2) is 11.2 Å². The lowest BCUT2D eigenvalue weighted by Crippen LogP contribution is -2.37. The van der Waals surface area contributed by atoms with Gasteiger partial charge in [0.15, 0.2) is 0 Å². The molecule has 0 aliphatic heterocycles. The van der Waals surface area contributed by atoms with E-state index in [4.69, 9.17) is 0 Å². The van der Waals surface area contributed by atoms with Gasteiger partial charge in [0.1, 0.15) is 0 Å². The average Bonchev–Trinajstić information content (AvgIpc) is 1.78. The summed E-state index contributed by atoms with van der Waals surface area (Å²) in [6.45, 7) is 6.38. The highest BCUT2D eigenvalue weighted by molar-refractivity contribution is 5.08. The molecule has 2 rings (SSSR count). The van der Waals surface area contributed by atoms with Gasteiger partial charge in [0, 0.05) is 0 Å². The van der Waals surface area contributed by atoms with Gasteiger partial charge in [-0.1, -0.05) is 19.1 Å². The van der Waals surface area contributed by atoms with Crippen LogP contribution in [0.25, 0.3) is 0 Å². The van der Waals surface area contributed by atoms with E-state index < -0.39 is 0 Å². The minimum atomic E-state index is -0.0400. The largest absolute Gasteiger partial charge is 0.393 e. The van der Waals surface area contributed by atoms with Gasteiger partial charge >= 0.3 is 0 Å². The molecule has 1 N–H and O–H groups in total. The van der Waals surface area contributed by atoms with Crippen LogP contribution in [0, 0.1) is 11.3 Å². The molecule has 0 radical (unpaired) electrons. The van der Waals surface area contributed by atoms with Crippen molar-refractivity contribution in [3.05, 3.63) is 12.2 Å². The molecule has 0 saturated heterocycles. The molecule has 68 valence electrons. The smallest absolute Gasteiger partial charge is 0.0548 e. The molecular weight excluding hydrogens is 148 g/mol. The van der Waals surface area contributed by atoms with E-state index in [-0.39, 0.29) is 6.10 Å². The van der Waals surface area contributed by atoms with Crippen molar-refractivity contribution in [3.8, 4) is 0 Å². The summed E-state index contributed by atoms with van der Waals surface area (Å²) in [4.78, 5) is 0. The van der Waals surface area contributed by atoms with Crippen LogP contribution in [-0.2, 0) is 0 Å². The highest BCUT2D eigenvalue weighted by Crippen LogP contribution is 2.49. The molecule has 3 atom stereocenters. The number of aliphatic hydroxyl groups is 1. The van der Waals surface area contributed by atoms with Crippen LogP contribution in [0.3, 0.4) is 0 Å². The Hall–Kier alpha value is -0.300. The maximum absolute atomic E-state index is 9.64. The summed E-state index contributed by atoms with van der Waals surface area (Å²) in [7, 11) is 0. The van der Waals surface area contributed by atoms with Gasteiger partial charge in [0.05, 0.1) is 6.10 Å². The minimum absolute atomic E-state index is 0.0400. The van der Waals surface area contributed by atoms with E-state index in [0.29, 0.717) is 5.41 Å². The molecule has 0 heterocycles. The number of rotatable bonds is 0. The van der Waals surface area contributed by atoms with Gasteiger partial charge in [-0.3, -0.25) is 0 Å². The van der Waals surface area contributed by atoms with Crippen molar-refractivity contribution in [1.82, 2.24) is 0 Å². The van der Waals surface area contributed by atoms with Gasteiger partial charge in [-0.15, -0.1) is 0 Å². The number of hydrogen-bond donors (Lipinski definition) is 1. The zero-order chi connectivity index (χ0) is 8.77. The summed E-state index contributed by atoms with van der Waals surface area (Å²) in [5.41, 5.74) is 1.78. The second-order valence-electron chi connectivity index (χ2n) is 5.11. The van der Waals surface area contributed by atoms with Gasteiger partial charge in [-0.05, 0) is 43.4 Å². The first-order chi connectivity index (χ1) is 5.57. The molecule has 0 spiro atoms. The van der Waals surface area contributed by atoms with Gasteiger partial charge in [0.25, 0.3) is 0 Å². The Labute approximate surface area is 74.5 Å². The maximum Gasteiger partial charge on any atom is 0.0548 e. The Morgan fingerprint density at radius 1 is 1.50 bits per heavy atom. The number of allylic oxidation sites excluding steroid dienone is 1. The van der Waals surface area contributed by atoms with Crippen molar-refractivity contribution in [2.45, 2.75) is 45.1 Å². The second kappa shape index (κ2) is 2.59. The molecule has 2 aliphatic carbocycles. The fourth-order valence-corrected chi connectivity index (χ4v) is 3.28. The van der Waals surface area contributed by atoms with Crippen molar-refractivity contribution in [2.24, 2.45) is 11.3 Å². The summed E-state index contributed by atoms with van der Waals surface area (Å²) in [6, 6.07) is 0. The maximum atomic E-state index is 9.64. The predicted octanol–water partition coefficient (Wildman–Crippen LogP) is 2.50. The van der Waals surface area contributed by atoms with Crippen LogP contribution in [0.5, 0.6) is 0 Å². The van der Waals surface area contributed by atoms with Crippen LogP contribution >= 0.6 is 0 Å². The lowest BCUT2D eigenvalue weighted by molar-refractivity contribution is 0.0110. The van der Waals surface area contributed by atoms with E-state index in [1.165, 1.54) is 12.0 Å². The third kappa shape index (κ3) is 1.42. The van der Waals surface area contributed by atoms with Gasteiger partial charge < -0.3 is 5.11 Å². The molecular formula is C11H18O. The molecule has 2 aliphatic rings. The van der Waals surface area contributed by atoms with Gasteiger partial charge in [-0.25, -0.2) is 0 Å². The fraction of sp³-hybridized carbons (Fsp3) is 0.818. The van der Waals surface area contributed by atoms with Gasteiger partial charge in [-0.2, -0.15) is 0 Å². The molecule has 2 saturated carbocycles. The predicted molar refractivity (Wildman–Crippen MR) is 49.8 cm³/mol. The number of fused-ring (bicyclic) bond motifs is 2. The van der Waals surface area contributed by atoms with Crippen molar-refractivity contribution in [2.75, 3.05) is 0 Å². The zero-order valence-corrected chi connectivity index (χ0v) is 7.84. The van der Waals surface area contributed by atoms with Crippen LogP contribution in [0.1, 0.15) is 39.0 Å². The summed E-state index contributed by atoms with van der Waals surface area (Å²) in [6.07, 6.45) is 5.56. The molecule has 1 heteroatoms. The Morgan fingerprint density at radius 3 is 2.92 bits per heavy atom. The molecule has 0 aromatic rings. The van der Waals surface area contributed by atoms with E-state index in [2.05, 4.69) is 13.5 Å². The zero-order valence-electron chi connectivity index (χ0n) is 7.84. The molecule has 1 nitrogen and oxygen atoms in total. The summed E-state index contributed by atoms with van der Waals surface area (Å²) >= 11 is 0. The Bertz CT molecular complexity index is 205. The monoisotopic (exact) mass is 166 g/mol. The molecule has 3 unspecified atom stereocenters. The van der Waals surface area contributed by atoms with E-state index in [1.54, 1.807) is 0 Å². The van der Waals surface area contributed by atoms with Crippen molar-refractivity contribution < 1.29 is 5.11 Å². The topological polar surface area (TPSA) is 20.2 Å². The summed E-state index contributed by atoms with van der Waals surface area (Å²) < 4.78 is 0. The first-order valence-corrected chi connectivity index (χ1v) is 4.92. The van der Waals surface area contributed by atoms with E-state index >= 15 is 0 Å². The number of hydrogen-bond acceptors (Lipinski definition) is 1. The molecule has 0 aromatic heterocycles. The third-order valence-electron chi connectivity index (χ3n) is 3.37.